The van der Waals surface area contributed by atoms with Gasteiger partial charge in [-0.2, -0.15) is 0 Å². The maximum absolute atomic E-state index is 12.7. The highest BCUT2D eigenvalue weighted by Gasteiger charge is 2.30. The summed E-state index contributed by atoms with van der Waals surface area (Å²) in [7, 11) is 1.43. The lowest BCUT2D eigenvalue weighted by Gasteiger charge is -2.36. The van der Waals surface area contributed by atoms with Gasteiger partial charge in [0, 0.05) is 38.8 Å². The number of likely N-dealkylation sites (tertiary alicyclic amines) is 2. The Kier molecular flexibility index (Phi) is 10.0. The van der Waals surface area contributed by atoms with Gasteiger partial charge in [0.05, 0.1) is 19.1 Å². The van der Waals surface area contributed by atoms with Crippen molar-refractivity contribution in [3.8, 4) is 0 Å². The number of hydrogen-bond acceptors (Lipinski definition) is 6. The molecule has 1 aromatic rings. The number of methoxy groups -OCH3 is 1. The van der Waals surface area contributed by atoms with Crippen molar-refractivity contribution in [2.24, 2.45) is 11.8 Å². The van der Waals surface area contributed by atoms with Crippen molar-refractivity contribution in [3.63, 3.8) is 0 Å². The Morgan fingerprint density at radius 2 is 1.51 bits per heavy atom. The molecular formula is C28H41N3O6. The number of carbonyl (C=O) groups excluding carboxylic acids is 3. The van der Waals surface area contributed by atoms with Crippen LogP contribution in [-0.4, -0.2) is 79.9 Å². The number of nitrogens with zero attached hydrogens (tertiary/aromatic N) is 2. The Hall–Kier alpha value is -2.81. The summed E-state index contributed by atoms with van der Waals surface area (Å²) in [5.41, 5.74) is 0.991. The highest BCUT2D eigenvalue weighted by Crippen LogP contribution is 2.26. The molecule has 0 aromatic heterocycles. The molecular weight excluding hydrogens is 474 g/mol. The fraction of sp³-hybridized carbons (Fsp3) is 0.679. The number of piperidine rings is 2. The van der Waals surface area contributed by atoms with Crippen molar-refractivity contribution < 1.29 is 28.6 Å². The van der Waals surface area contributed by atoms with Gasteiger partial charge in [-0.3, -0.25) is 4.79 Å². The first-order valence-corrected chi connectivity index (χ1v) is 13.7. The monoisotopic (exact) mass is 515 g/mol. The fourth-order valence-corrected chi connectivity index (χ4v) is 5.50. The zero-order valence-electron chi connectivity index (χ0n) is 21.9. The second-order valence-electron chi connectivity index (χ2n) is 10.5. The lowest BCUT2D eigenvalue weighted by atomic mass is 9.86. The Morgan fingerprint density at radius 3 is 2.16 bits per heavy atom. The van der Waals surface area contributed by atoms with Crippen LogP contribution >= 0.6 is 0 Å². The van der Waals surface area contributed by atoms with Crippen LogP contribution in [0.25, 0.3) is 0 Å². The van der Waals surface area contributed by atoms with Crippen LogP contribution < -0.4 is 5.32 Å². The maximum Gasteiger partial charge on any atom is 0.410 e. The van der Waals surface area contributed by atoms with E-state index in [-0.39, 0.29) is 36.2 Å². The van der Waals surface area contributed by atoms with Gasteiger partial charge in [-0.05, 0) is 62.8 Å². The minimum atomic E-state index is -0.245. The van der Waals surface area contributed by atoms with Crippen LogP contribution in [0.4, 0.5) is 9.59 Å². The molecule has 2 heterocycles. The molecule has 0 bridgehead atoms. The predicted molar refractivity (Wildman–Crippen MR) is 138 cm³/mol. The molecule has 0 radical (unpaired) electrons. The van der Waals surface area contributed by atoms with Gasteiger partial charge in [0.2, 0.25) is 0 Å². The van der Waals surface area contributed by atoms with E-state index in [0.29, 0.717) is 45.3 Å². The van der Waals surface area contributed by atoms with E-state index >= 15 is 0 Å². The number of esters is 1. The Morgan fingerprint density at radius 1 is 0.865 bits per heavy atom. The third-order valence-corrected chi connectivity index (χ3v) is 7.96. The van der Waals surface area contributed by atoms with E-state index in [1.54, 1.807) is 4.90 Å². The molecule has 2 aliphatic heterocycles. The van der Waals surface area contributed by atoms with Gasteiger partial charge in [0.1, 0.15) is 6.61 Å². The number of nitrogens with one attached hydrogen (secondary N) is 1. The minimum Gasteiger partial charge on any atom is -0.469 e. The summed E-state index contributed by atoms with van der Waals surface area (Å²) in [6.07, 6.45) is 6.60. The van der Waals surface area contributed by atoms with Crippen LogP contribution in [0.1, 0.15) is 56.9 Å². The summed E-state index contributed by atoms with van der Waals surface area (Å²) in [6, 6.07) is 9.85. The van der Waals surface area contributed by atoms with E-state index in [1.165, 1.54) is 7.11 Å². The molecule has 9 nitrogen and oxygen atoms in total. The normalized spacial score (nSPS) is 23.4. The predicted octanol–water partition coefficient (Wildman–Crippen LogP) is 3.96. The minimum absolute atomic E-state index is 0.00788. The molecule has 204 valence electrons. The smallest absolute Gasteiger partial charge is 0.410 e. The van der Waals surface area contributed by atoms with Crippen LogP contribution in [0.15, 0.2) is 30.3 Å². The first kappa shape index (κ1) is 27.2. The second kappa shape index (κ2) is 13.7. The summed E-state index contributed by atoms with van der Waals surface area (Å²) in [5, 5.41) is 3.15. The van der Waals surface area contributed by atoms with E-state index < -0.39 is 0 Å². The number of rotatable bonds is 7. The third-order valence-electron chi connectivity index (χ3n) is 7.96. The Balaban J connectivity index is 1.07. The van der Waals surface area contributed by atoms with Crippen molar-refractivity contribution in [3.05, 3.63) is 35.9 Å². The molecule has 2 saturated heterocycles. The Bertz CT molecular complexity index is 873. The summed E-state index contributed by atoms with van der Waals surface area (Å²) in [5.74, 6) is 0.269. The summed E-state index contributed by atoms with van der Waals surface area (Å²) in [6.45, 7) is 3.78. The highest BCUT2D eigenvalue weighted by molar-refractivity contribution is 5.75. The van der Waals surface area contributed by atoms with Crippen molar-refractivity contribution >= 4 is 18.1 Å². The maximum atomic E-state index is 12.7. The van der Waals surface area contributed by atoms with Crippen LogP contribution in [0.3, 0.4) is 0 Å². The Labute approximate surface area is 219 Å². The van der Waals surface area contributed by atoms with Crippen LogP contribution in [0, 0.1) is 11.8 Å². The third kappa shape index (κ3) is 8.09. The standard InChI is InChI=1S/C28H41N3O6/c1-35-26(32)23-7-9-24(10-8-23)29-27(33)30-17-13-25(14-18-30)36-19-22-11-15-31(16-12-22)28(34)37-20-21-5-3-2-4-6-21/h2-6,22-25H,7-20H2,1H3,(H,29,33). The van der Waals surface area contributed by atoms with E-state index in [1.807, 2.05) is 35.2 Å². The molecule has 0 spiro atoms. The van der Waals surface area contributed by atoms with Gasteiger partial charge in [0.15, 0.2) is 0 Å². The van der Waals surface area contributed by atoms with Gasteiger partial charge in [-0.25, -0.2) is 9.59 Å². The van der Waals surface area contributed by atoms with Crippen LogP contribution in [-0.2, 0) is 25.6 Å². The van der Waals surface area contributed by atoms with E-state index in [0.717, 1.165) is 56.9 Å². The van der Waals surface area contributed by atoms with Crippen molar-refractivity contribution in [1.82, 2.24) is 15.1 Å². The number of hydrogen-bond donors (Lipinski definition) is 1. The van der Waals surface area contributed by atoms with Gasteiger partial charge >= 0.3 is 18.1 Å². The topological polar surface area (TPSA) is 97.4 Å². The zero-order chi connectivity index (χ0) is 26.0. The molecule has 1 N–H and O–H groups in total. The highest BCUT2D eigenvalue weighted by atomic mass is 16.6. The number of ether oxygens (including phenoxy) is 3. The summed E-state index contributed by atoms with van der Waals surface area (Å²) < 4.78 is 16.5. The van der Waals surface area contributed by atoms with Gasteiger partial charge in [-0.15, -0.1) is 0 Å². The van der Waals surface area contributed by atoms with E-state index in [9.17, 15) is 14.4 Å². The van der Waals surface area contributed by atoms with Gasteiger partial charge in [0.25, 0.3) is 0 Å². The van der Waals surface area contributed by atoms with Crippen molar-refractivity contribution in [2.45, 2.75) is 70.1 Å². The molecule has 9 heteroatoms. The lowest BCUT2D eigenvalue weighted by Crippen LogP contribution is -2.50. The molecule has 1 saturated carbocycles. The number of amides is 3. The average molecular weight is 516 g/mol. The first-order chi connectivity index (χ1) is 18.0. The number of benzene rings is 1. The molecule has 0 unspecified atom stereocenters. The molecule has 1 aromatic carbocycles. The zero-order valence-corrected chi connectivity index (χ0v) is 21.9. The number of urea groups is 1. The van der Waals surface area contributed by atoms with Crippen LogP contribution in [0.2, 0.25) is 0 Å². The average Bonchev–Trinajstić information content (AvgIpc) is 2.96. The van der Waals surface area contributed by atoms with Gasteiger partial charge < -0.3 is 29.3 Å². The summed E-state index contributed by atoms with van der Waals surface area (Å²) >= 11 is 0. The quantitative estimate of drug-likeness (QED) is 0.552. The first-order valence-electron chi connectivity index (χ1n) is 13.7. The molecule has 1 aliphatic carbocycles. The van der Waals surface area contributed by atoms with Crippen molar-refractivity contribution in [1.29, 1.82) is 0 Å². The molecule has 4 rings (SSSR count). The van der Waals surface area contributed by atoms with E-state index in [2.05, 4.69) is 5.32 Å². The van der Waals surface area contributed by atoms with Crippen LogP contribution in [0.5, 0.6) is 0 Å². The SMILES string of the molecule is COC(=O)C1CCC(NC(=O)N2CCC(OCC3CCN(C(=O)OCc4ccccc4)CC3)CC2)CC1. The van der Waals surface area contributed by atoms with E-state index in [4.69, 9.17) is 14.2 Å². The second-order valence-corrected chi connectivity index (χ2v) is 10.5. The summed E-state index contributed by atoms with van der Waals surface area (Å²) in [4.78, 5) is 40.4. The fourth-order valence-electron chi connectivity index (χ4n) is 5.50. The molecule has 3 aliphatic rings. The molecule has 3 amide bonds. The molecule has 3 fully saturated rings. The molecule has 0 atom stereocenters. The number of carbonyl (C=O) groups is 3. The van der Waals surface area contributed by atoms with Gasteiger partial charge in [-0.1, -0.05) is 30.3 Å². The largest absolute Gasteiger partial charge is 0.469 e. The van der Waals surface area contributed by atoms with Crippen molar-refractivity contribution in [2.75, 3.05) is 39.9 Å². The molecule has 37 heavy (non-hydrogen) atoms. The lowest BCUT2D eigenvalue weighted by molar-refractivity contribution is -0.146.